The van der Waals surface area contributed by atoms with Gasteiger partial charge in [0, 0.05) is 6.54 Å². The molecule has 0 aliphatic rings. The minimum Gasteiger partial charge on any atom is -0.392 e. The van der Waals surface area contributed by atoms with Gasteiger partial charge in [0.2, 0.25) is 5.95 Å². The van der Waals surface area contributed by atoms with Crippen LogP contribution >= 0.6 is 0 Å². The fraction of sp³-hybridized carbons (Fsp3) is 0.278. The van der Waals surface area contributed by atoms with Crippen molar-refractivity contribution in [2.75, 3.05) is 11.9 Å². The van der Waals surface area contributed by atoms with E-state index >= 15 is 0 Å². The number of aliphatic hydroxyl groups excluding tert-OH is 1. The van der Waals surface area contributed by atoms with Gasteiger partial charge in [-0.1, -0.05) is 24.3 Å². The molecule has 0 saturated heterocycles. The number of para-hydroxylation sites is 2. The van der Waals surface area contributed by atoms with Crippen LogP contribution in [0.2, 0.25) is 0 Å². The zero-order valence-electron chi connectivity index (χ0n) is 13.6. The van der Waals surface area contributed by atoms with Gasteiger partial charge in [-0.2, -0.15) is 13.2 Å². The Hall–Kier alpha value is -2.54. The molecule has 0 aliphatic carbocycles. The summed E-state index contributed by atoms with van der Waals surface area (Å²) in [5.74, 6) is 0.513. The highest BCUT2D eigenvalue weighted by molar-refractivity contribution is 5.78. The Morgan fingerprint density at radius 1 is 1.16 bits per heavy atom. The fourth-order valence-electron chi connectivity index (χ4n) is 2.64. The maximum atomic E-state index is 12.9. The summed E-state index contributed by atoms with van der Waals surface area (Å²) in [4.78, 5) is 4.47. The Balaban J connectivity index is 1.98. The largest absolute Gasteiger partial charge is 0.416 e. The Bertz CT molecular complexity index is 871. The van der Waals surface area contributed by atoms with E-state index in [2.05, 4.69) is 10.3 Å². The summed E-state index contributed by atoms with van der Waals surface area (Å²) in [7, 11) is 0. The van der Waals surface area contributed by atoms with Gasteiger partial charge in [0.1, 0.15) is 0 Å². The van der Waals surface area contributed by atoms with Crippen LogP contribution in [-0.4, -0.2) is 27.3 Å². The number of alkyl halides is 3. The van der Waals surface area contributed by atoms with Gasteiger partial charge >= 0.3 is 6.18 Å². The van der Waals surface area contributed by atoms with Crippen molar-refractivity contribution in [2.24, 2.45) is 0 Å². The highest BCUT2D eigenvalue weighted by atomic mass is 19.4. The molecule has 1 aromatic heterocycles. The van der Waals surface area contributed by atoms with Crippen LogP contribution in [0.3, 0.4) is 0 Å². The molecule has 1 heterocycles. The van der Waals surface area contributed by atoms with E-state index in [1.165, 1.54) is 6.07 Å². The van der Waals surface area contributed by atoms with Crippen molar-refractivity contribution in [2.45, 2.75) is 25.7 Å². The average Bonchev–Trinajstić information content (AvgIpc) is 2.90. The summed E-state index contributed by atoms with van der Waals surface area (Å²) in [6.45, 7) is 2.19. The number of benzene rings is 2. The molecule has 0 radical (unpaired) electrons. The zero-order valence-corrected chi connectivity index (χ0v) is 13.6. The van der Waals surface area contributed by atoms with E-state index in [1.807, 2.05) is 28.8 Å². The van der Waals surface area contributed by atoms with Gasteiger partial charge in [0.15, 0.2) is 0 Å². The molecule has 132 valence electrons. The summed E-state index contributed by atoms with van der Waals surface area (Å²) in [5, 5.41) is 12.5. The first-order valence-electron chi connectivity index (χ1n) is 7.88. The first kappa shape index (κ1) is 17.3. The summed E-state index contributed by atoms with van der Waals surface area (Å²) >= 11 is 0. The number of aromatic nitrogens is 2. The molecule has 3 aromatic rings. The van der Waals surface area contributed by atoms with E-state index in [0.29, 0.717) is 18.1 Å². The van der Waals surface area contributed by atoms with E-state index in [1.54, 1.807) is 13.0 Å². The standard InChI is InChI=1S/C18H18F3N3O/c1-12(25)10-22-17-23-15-7-2-3-8-16(15)24(17)11-13-5-4-6-14(9-13)18(19,20)21/h2-9,12,25H,10-11H2,1H3,(H,22,23)/t12-/m0/s1. The smallest absolute Gasteiger partial charge is 0.392 e. The van der Waals surface area contributed by atoms with Crippen LogP contribution in [0.1, 0.15) is 18.1 Å². The number of anilines is 1. The van der Waals surface area contributed by atoms with Gasteiger partial charge in [-0.25, -0.2) is 4.98 Å². The number of imidazole rings is 1. The van der Waals surface area contributed by atoms with Gasteiger partial charge < -0.3 is 15.0 Å². The third-order valence-electron chi connectivity index (χ3n) is 3.81. The first-order valence-corrected chi connectivity index (χ1v) is 7.88. The zero-order chi connectivity index (χ0) is 18.0. The number of hydrogen-bond donors (Lipinski definition) is 2. The number of nitrogens with one attached hydrogen (secondary N) is 1. The molecular formula is C18H18F3N3O. The Kier molecular flexibility index (Phi) is 4.67. The quantitative estimate of drug-likeness (QED) is 0.735. The predicted molar refractivity (Wildman–Crippen MR) is 90.4 cm³/mol. The number of nitrogens with zero attached hydrogens (tertiary/aromatic N) is 2. The Morgan fingerprint density at radius 2 is 1.92 bits per heavy atom. The van der Waals surface area contributed by atoms with Crippen molar-refractivity contribution in [3.8, 4) is 0 Å². The number of halogens is 3. The molecule has 0 bridgehead atoms. The van der Waals surface area contributed by atoms with E-state index in [4.69, 9.17) is 0 Å². The van der Waals surface area contributed by atoms with E-state index in [-0.39, 0.29) is 6.54 Å². The lowest BCUT2D eigenvalue weighted by atomic mass is 10.1. The van der Waals surface area contributed by atoms with Crippen molar-refractivity contribution in [1.29, 1.82) is 0 Å². The lowest BCUT2D eigenvalue weighted by Crippen LogP contribution is -2.18. The first-order chi connectivity index (χ1) is 11.8. The van der Waals surface area contributed by atoms with Crippen LogP contribution in [0.5, 0.6) is 0 Å². The number of aliphatic hydroxyl groups is 1. The molecule has 0 spiro atoms. The van der Waals surface area contributed by atoms with Gasteiger partial charge in [-0.3, -0.25) is 0 Å². The minimum atomic E-state index is -4.37. The molecule has 0 unspecified atom stereocenters. The SMILES string of the molecule is C[C@H](O)CNc1nc2ccccc2n1Cc1cccc(C(F)(F)F)c1. The molecule has 25 heavy (non-hydrogen) atoms. The molecule has 0 saturated carbocycles. The fourth-order valence-corrected chi connectivity index (χ4v) is 2.64. The van der Waals surface area contributed by atoms with E-state index < -0.39 is 17.8 Å². The van der Waals surface area contributed by atoms with Gasteiger partial charge in [0.25, 0.3) is 0 Å². The van der Waals surface area contributed by atoms with Crippen LogP contribution in [0.4, 0.5) is 19.1 Å². The normalized spacial score (nSPS) is 13.2. The molecule has 0 amide bonds. The summed E-state index contributed by atoms with van der Waals surface area (Å²) in [6.07, 6.45) is -4.94. The molecule has 7 heteroatoms. The molecule has 4 nitrogen and oxygen atoms in total. The van der Waals surface area contributed by atoms with Gasteiger partial charge in [-0.15, -0.1) is 0 Å². The van der Waals surface area contributed by atoms with Crippen LogP contribution < -0.4 is 5.32 Å². The van der Waals surface area contributed by atoms with E-state index in [9.17, 15) is 18.3 Å². The third kappa shape index (κ3) is 3.93. The monoisotopic (exact) mass is 349 g/mol. The Morgan fingerprint density at radius 3 is 2.64 bits per heavy atom. The van der Waals surface area contributed by atoms with Crippen LogP contribution in [0.25, 0.3) is 11.0 Å². The van der Waals surface area contributed by atoms with Crippen LogP contribution in [0, 0.1) is 0 Å². The molecule has 1 atom stereocenters. The van der Waals surface area contributed by atoms with Crippen LogP contribution in [-0.2, 0) is 12.7 Å². The number of rotatable bonds is 5. The molecular weight excluding hydrogens is 331 g/mol. The highest BCUT2D eigenvalue weighted by Gasteiger charge is 2.30. The summed E-state index contributed by atoms with van der Waals surface area (Å²) < 4.78 is 40.6. The number of fused-ring (bicyclic) bond motifs is 1. The predicted octanol–water partition coefficient (Wildman–Crippen LogP) is 3.90. The van der Waals surface area contributed by atoms with Gasteiger partial charge in [-0.05, 0) is 36.8 Å². The Labute approximate surface area is 142 Å². The van der Waals surface area contributed by atoms with Crippen molar-refractivity contribution in [3.63, 3.8) is 0 Å². The topological polar surface area (TPSA) is 50.1 Å². The molecule has 2 N–H and O–H groups in total. The summed E-state index contributed by atoms with van der Waals surface area (Å²) in [6, 6.07) is 12.7. The molecule has 2 aromatic carbocycles. The van der Waals surface area contributed by atoms with Gasteiger partial charge in [0.05, 0.1) is 29.2 Å². The maximum absolute atomic E-state index is 12.9. The lowest BCUT2D eigenvalue weighted by Gasteiger charge is -2.13. The second-order valence-corrected chi connectivity index (χ2v) is 5.94. The number of hydrogen-bond acceptors (Lipinski definition) is 3. The van der Waals surface area contributed by atoms with Crippen molar-refractivity contribution >= 4 is 17.0 Å². The van der Waals surface area contributed by atoms with E-state index in [0.717, 1.165) is 23.2 Å². The molecule has 0 fully saturated rings. The highest BCUT2D eigenvalue weighted by Crippen LogP contribution is 2.30. The second kappa shape index (κ2) is 6.76. The summed E-state index contributed by atoms with van der Waals surface area (Å²) in [5.41, 5.74) is 1.40. The van der Waals surface area contributed by atoms with Crippen molar-refractivity contribution < 1.29 is 18.3 Å². The lowest BCUT2D eigenvalue weighted by molar-refractivity contribution is -0.137. The average molecular weight is 349 g/mol. The molecule has 3 rings (SSSR count). The molecule has 0 aliphatic heterocycles. The second-order valence-electron chi connectivity index (χ2n) is 5.94. The maximum Gasteiger partial charge on any atom is 0.416 e. The van der Waals surface area contributed by atoms with Crippen molar-refractivity contribution in [1.82, 2.24) is 9.55 Å². The minimum absolute atomic E-state index is 0.243. The van der Waals surface area contributed by atoms with Crippen molar-refractivity contribution in [3.05, 3.63) is 59.7 Å². The third-order valence-corrected chi connectivity index (χ3v) is 3.81. The van der Waals surface area contributed by atoms with Crippen LogP contribution in [0.15, 0.2) is 48.5 Å².